The predicted molar refractivity (Wildman–Crippen MR) is 94.4 cm³/mol. The van der Waals surface area contributed by atoms with Gasteiger partial charge in [0.1, 0.15) is 0 Å². The van der Waals surface area contributed by atoms with E-state index in [1.54, 1.807) is 11.7 Å². The van der Waals surface area contributed by atoms with Gasteiger partial charge in [-0.2, -0.15) is 4.68 Å². The number of tetrazole rings is 1. The Bertz CT molecular complexity index is 881. The number of hydrogen-bond donors (Lipinski definition) is 0. The number of thioether (sulfide) groups is 1. The maximum atomic E-state index is 12.4. The van der Waals surface area contributed by atoms with Crippen molar-refractivity contribution < 1.29 is 13.2 Å². The van der Waals surface area contributed by atoms with Gasteiger partial charge in [-0.05, 0) is 41.5 Å². The third-order valence-electron chi connectivity index (χ3n) is 4.16. The number of aryl methyl sites for hydroxylation is 1. The summed E-state index contributed by atoms with van der Waals surface area (Å²) in [6, 6.07) is 7.50. The van der Waals surface area contributed by atoms with Gasteiger partial charge in [0.25, 0.3) is 0 Å². The Labute approximate surface area is 150 Å². The summed E-state index contributed by atoms with van der Waals surface area (Å²) in [5.74, 6) is 0.208. The lowest BCUT2D eigenvalue weighted by atomic mass is 10.2. The van der Waals surface area contributed by atoms with Crippen LogP contribution in [0.1, 0.15) is 12.0 Å². The standard InChI is InChI=1S/C15H19N5O3S2/c1-11-4-3-5-12(8-11)20-15(16-17-18-20)24-9-14(21)19(2)13-6-7-25(22,23)10-13/h3-5,8,13H,6-7,9-10H2,1-2H3/t13-/m0/s1. The van der Waals surface area contributed by atoms with Gasteiger partial charge in [-0.15, -0.1) is 5.10 Å². The maximum Gasteiger partial charge on any atom is 0.233 e. The Morgan fingerprint density at radius 2 is 2.24 bits per heavy atom. The number of sulfone groups is 1. The molecule has 0 unspecified atom stereocenters. The van der Waals surface area contributed by atoms with Crippen LogP contribution in [0.15, 0.2) is 29.4 Å². The Hall–Kier alpha value is -1.94. The molecule has 1 aromatic heterocycles. The van der Waals surface area contributed by atoms with E-state index in [2.05, 4.69) is 15.5 Å². The van der Waals surface area contributed by atoms with E-state index in [-0.39, 0.29) is 29.2 Å². The lowest BCUT2D eigenvalue weighted by molar-refractivity contribution is -0.128. The Morgan fingerprint density at radius 1 is 1.44 bits per heavy atom. The number of rotatable bonds is 5. The van der Waals surface area contributed by atoms with Crippen molar-refractivity contribution in [1.29, 1.82) is 0 Å². The van der Waals surface area contributed by atoms with Crippen LogP contribution in [0, 0.1) is 6.92 Å². The zero-order valence-corrected chi connectivity index (χ0v) is 15.6. The fourth-order valence-electron chi connectivity index (χ4n) is 2.70. The second-order valence-electron chi connectivity index (χ2n) is 6.06. The molecule has 10 heteroatoms. The number of hydrogen-bond acceptors (Lipinski definition) is 7. The fraction of sp³-hybridized carbons (Fsp3) is 0.467. The zero-order valence-electron chi connectivity index (χ0n) is 14.0. The Balaban J connectivity index is 1.65. The van der Waals surface area contributed by atoms with Gasteiger partial charge >= 0.3 is 0 Å². The van der Waals surface area contributed by atoms with E-state index in [1.165, 1.54) is 16.7 Å². The number of nitrogens with zero attached hydrogens (tertiary/aromatic N) is 5. The van der Waals surface area contributed by atoms with Crippen LogP contribution in [-0.2, 0) is 14.6 Å². The third kappa shape index (κ3) is 4.18. The SMILES string of the molecule is Cc1cccc(-n2nnnc2SCC(=O)N(C)[C@H]2CCS(=O)(=O)C2)c1. The van der Waals surface area contributed by atoms with Gasteiger partial charge in [0, 0.05) is 13.1 Å². The molecule has 0 saturated carbocycles. The van der Waals surface area contributed by atoms with E-state index < -0.39 is 9.84 Å². The molecule has 0 aliphatic carbocycles. The smallest absolute Gasteiger partial charge is 0.233 e. The molecule has 134 valence electrons. The zero-order chi connectivity index (χ0) is 18.0. The van der Waals surface area contributed by atoms with Crippen LogP contribution < -0.4 is 0 Å². The molecule has 1 aliphatic rings. The summed E-state index contributed by atoms with van der Waals surface area (Å²) < 4.78 is 24.7. The Morgan fingerprint density at radius 3 is 2.92 bits per heavy atom. The lowest BCUT2D eigenvalue weighted by Gasteiger charge is -2.23. The van der Waals surface area contributed by atoms with E-state index in [0.717, 1.165) is 11.3 Å². The molecule has 1 aliphatic heterocycles. The monoisotopic (exact) mass is 381 g/mol. The van der Waals surface area contributed by atoms with Crippen molar-refractivity contribution in [2.24, 2.45) is 0 Å². The minimum Gasteiger partial charge on any atom is -0.341 e. The summed E-state index contributed by atoms with van der Waals surface area (Å²) >= 11 is 1.24. The molecule has 0 spiro atoms. The quantitative estimate of drug-likeness (QED) is 0.703. The number of benzene rings is 1. The molecule has 2 heterocycles. The van der Waals surface area contributed by atoms with E-state index in [9.17, 15) is 13.2 Å². The van der Waals surface area contributed by atoms with E-state index in [0.29, 0.717) is 11.6 Å². The first-order valence-corrected chi connectivity index (χ1v) is 10.6. The maximum absolute atomic E-state index is 12.4. The summed E-state index contributed by atoms with van der Waals surface area (Å²) in [7, 11) is -1.37. The number of carbonyl (C=O) groups excluding carboxylic acids is 1. The first-order valence-electron chi connectivity index (χ1n) is 7.80. The van der Waals surface area contributed by atoms with Crippen LogP contribution in [0.25, 0.3) is 5.69 Å². The second-order valence-corrected chi connectivity index (χ2v) is 9.23. The molecule has 3 rings (SSSR count). The normalized spacial score (nSPS) is 19.0. The van der Waals surface area contributed by atoms with Crippen molar-refractivity contribution in [2.75, 3.05) is 24.3 Å². The van der Waals surface area contributed by atoms with Crippen molar-refractivity contribution in [1.82, 2.24) is 25.1 Å². The van der Waals surface area contributed by atoms with Crippen molar-refractivity contribution in [3.8, 4) is 5.69 Å². The second kappa shape index (κ2) is 7.12. The molecular weight excluding hydrogens is 362 g/mol. The van der Waals surface area contributed by atoms with E-state index >= 15 is 0 Å². The third-order valence-corrected chi connectivity index (χ3v) is 6.82. The van der Waals surface area contributed by atoms with Crippen molar-refractivity contribution in [2.45, 2.75) is 24.5 Å². The predicted octanol–water partition coefficient (Wildman–Crippen LogP) is 0.708. The highest BCUT2D eigenvalue weighted by Crippen LogP contribution is 2.21. The van der Waals surface area contributed by atoms with Crippen LogP contribution >= 0.6 is 11.8 Å². The van der Waals surface area contributed by atoms with Crippen molar-refractivity contribution >= 4 is 27.5 Å². The van der Waals surface area contributed by atoms with E-state index in [1.807, 2.05) is 31.2 Å². The molecule has 0 N–H and O–H groups in total. The molecule has 8 nitrogen and oxygen atoms in total. The lowest BCUT2D eigenvalue weighted by Crippen LogP contribution is -2.38. The van der Waals surface area contributed by atoms with Crippen molar-refractivity contribution in [3.05, 3.63) is 29.8 Å². The van der Waals surface area contributed by atoms with Crippen LogP contribution in [0.5, 0.6) is 0 Å². The van der Waals surface area contributed by atoms with Gasteiger partial charge in [0.2, 0.25) is 11.1 Å². The van der Waals surface area contributed by atoms with Crippen molar-refractivity contribution in [3.63, 3.8) is 0 Å². The highest BCUT2D eigenvalue weighted by atomic mass is 32.2. The molecular formula is C15H19N5O3S2. The minimum absolute atomic E-state index is 0.0426. The van der Waals surface area contributed by atoms with Gasteiger partial charge in [0.05, 0.1) is 22.9 Å². The van der Waals surface area contributed by atoms with Gasteiger partial charge in [0.15, 0.2) is 9.84 Å². The number of amides is 1. The molecule has 1 fully saturated rings. The summed E-state index contributed by atoms with van der Waals surface area (Å²) in [5, 5.41) is 12.2. The number of carbonyl (C=O) groups is 1. The van der Waals surface area contributed by atoms with E-state index in [4.69, 9.17) is 0 Å². The van der Waals surface area contributed by atoms with Gasteiger partial charge in [-0.1, -0.05) is 23.9 Å². The molecule has 1 saturated heterocycles. The summed E-state index contributed by atoms with van der Waals surface area (Å²) in [4.78, 5) is 13.9. The highest BCUT2D eigenvalue weighted by Gasteiger charge is 2.32. The molecule has 0 radical (unpaired) electrons. The van der Waals surface area contributed by atoms with Crippen LogP contribution in [-0.4, -0.2) is 69.8 Å². The number of aromatic nitrogens is 4. The molecule has 25 heavy (non-hydrogen) atoms. The van der Waals surface area contributed by atoms with Gasteiger partial charge in [-0.3, -0.25) is 4.79 Å². The average molecular weight is 381 g/mol. The molecule has 2 aromatic rings. The van der Waals surface area contributed by atoms with Crippen LogP contribution in [0.4, 0.5) is 0 Å². The van der Waals surface area contributed by atoms with Crippen LogP contribution in [0.3, 0.4) is 0 Å². The first kappa shape index (κ1) is 17.9. The topological polar surface area (TPSA) is 98.1 Å². The largest absolute Gasteiger partial charge is 0.341 e. The highest BCUT2D eigenvalue weighted by molar-refractivity contribution is 7.99. The Kier molecular flexibility index (Phi) is 5.09. The average Bonchev–Trinajstić information content (AvgIpc) is 3.18. The fourth-order valence-corrected chi connectivity index (χ4v) is 5.29. The first-order chi connectivity index (χ1) is 11.9. The summed E-state index contributed by atoms with van der Waals surface area (Å²) in [6.45, 7) is 1.98. The minimum atomic E-state index is -3.02. The molecule has 1 aromatic carbocycles. The summed E-state index contributed by atoms with van der Waals surface area (Å²) in [5.41, 5.74) is 1.91. The van der Waals surface area contributed by atoms with Gasteiger partial charge in [-0.25, -0.2) is 8.42 Å². The van der Waals surface area contributed by atoms with Gasteiger partial charge < -0.3 is 4.90 Å². The van der Waals surface area contributed by atoms with Crippen LogP contribution in [0.2, 0.25) is 0 Å². The molecule has 0 bridgehead atoms. The molecule has 1 atom stereocenters. The summed E-state index contributed by atoms with van der Waals surface area (Å²) in [6.07, 6.45) is 0.496. The molecule has 1 amide bonds.